The molecule has 202 valence electrons. The summed E-state index contributed by atoms with van der Waals surface area (Å²) in [5, 5.41) is 3.40. The van der Waals surface area contributed by atoms with Crippen molar-refractivity contribution in [1.82, 2.24) is 10.2 Å². The summed E-state index contributed by atoms with van der Waals surface area (Å²) in [5.74, 6) is -0.790. The molecule has 0 saturated carbocycles. The molecule has 7 nitrogen and oxygen atoms in total. The van der Waals surface area contributed by atoms with Gasteiger partial charge in [-0.2, -0.15) is 0 Å². The maximum absolute atomic E-state index is 14.0. The van der Waals surface area contributed by atoms with Crippen LogP contribution in [0.4, 0.5) is 5.69 Å². The van der Waals surface area contributed by atoms with E-state index < -0.39 is 28.5 Å². The first-order chi connectivity index (χ1) is 18.1. The van der Waals surface area contributed by atoms with E-state index in [4.69, 9.17) is 11.6 Å². The number of rotatable bonds is 12. The second-order valence-corrected chi connectivity index (χ2v) is 11.3. The Hall–Kier alpha value is -3.36. The van der Waals surface area contributed by atoms with Gasteiger partial charge in [-0.3, -0.25) is 13.9 Å². The minimum absolute atomic E-state index is 0.109. The van der Waals surface area contributed by atoms with Gasteiger partial charge in [0.15, 0.2) is 0 Å². The van der Waals surface area contributed by atoms with E-state index in [2.05, 4.69) is 5.32 Å². The fraction of sp³-hybridized carbons (Fsp3) is 0.310. The van der Waals surface area contributed by atoms with Crippen LogP contribution in [-0.2, 0) is 39.0 Å². The Kier molecular flexibility index (Phi) is 10.3. The van der Waals surface area contributed by atoms with Crippen LogP contribution in [0.2, 0.25) is 5.02 Å². The quantitative estimate of drug-likeness (QED) is 0.358. The lowest BCUT2D eigenvalue weighted by atomic mass is 10.0. The van der Waals surface area contributed by atoms with E-state index in [-0.39, 0.29) is 18.9 Å². The van der Waals surface area contributed by atoms with Crippen LogP contribution >= 0.6 is 11.6 Å². The first-order valence-corrected chi connectivity index (χ1v) is 14.8. The Morgan fingerprint density at radius 3 is 2.13 bits per heavy atom. The molecular weight excluding hydrogens is 522 g/mol. The summed E-state index contributed by atoms with van der Waals surface area (Å²) in [6.07, 6.45) is 1.96. The first-order valence-electron chi connectivity index (χ1n) is 12.5. The summed E-state index contributed by atoms with van der Waals surface area (Å²) < 4.78 is 27.0. The average Bonchev–Trinajstić information content (AvgIpc) is 2.90. The van der Waals surface area contributed by atoms with Gasteiger partial charge in [-0.1, -0.05) is 79.2 Å². The van der Waals surface area contributed by atoms with Gasteiger partial charge in [0.2, 0.25) is 21.8 Å². The minimum atomic E-state index is -3.80. The van der Waals surface area contributed by atoms with Crippen LogP contribution < -0.4 is 9.62 Å². The van der Waals surface area contributed by atoms with Crippen molar-refractivity contribution in [2.75, 3.05) is 23.7 Å². The molecule has 0 aliphatic carbocycles. The molecular formula is C29H34ClN3O4S. The molecule has 1 unspecified atom stereocenters. The molecule has 0 aromatic heterocycles. The first kappa shape index (κ1) is 29.2. The van der Waals surface area contributed by atoms with Gasteiger partial charge in [0, 0.05) is 24.5 Å². The van der Waals surface area contributed by atoms with Crippen LogP contribution in [0.5, 0.6) is 0 Å². The number of benzene rings is 3. The smallest absolute Gasteiger partial charge is 0.244 e. The fourth-order valence-corrected chi connectivity index (χ4v) is 5.29. The number of para-hydroxylation sites is 1. The molecule has 3 rings (SSSR count). The third kappa shape index (κ3) is 7.82. The molecule has 0 fully saturated rings. The lowest BCUT2D eigenvalue weighted by Gasteiger charge is -2.33. The van der Waals surface area contributed by atoms with Crippen molar-refractivity contribution in [3.8, 4) is 0 Å². The van der Waals surface area contributed by atoms with E-state index >= 15 is 0 Å². The Morgan fingerprint density at radius 2 is 1.53 bits per heavy atom. The second-order valence-electron chi connectivity index (χ2n) is 9.00. The van der Waals surface area contributed by atoms with Gasteiger partial charge in [-0.25, -0.2) is 8.42 Å². The molecule has 0 saturated heterocycles. The van der Waals surface area contributed by atoms with Gasteiger partial charge in [0.25, 0.3) is 0 Å². The number of hydrogen-bond acceptors (Lipinski definition) is 4. The highest BCUT2D eigenvalue weighted by Gasteiger charge is 2.33. The number of carbonyl (C=O) groups is 2. The largest absolute Gasteiger partial charge is 0.355 e. The van der Waals surface area contributed by atoms with E-state index in [0.717, 1.165) is 27.3 Å². The molecule has 1 N–H and O–H groups in total. The van der Waals surface area contributed by atoms with Gasteiger partial charge in [0.05, 0.1) is 11.9 Å². The zero-order valence-corrected chi connectivity index (χ0v) is 23.5. The molecule has 1 atom stereocenters. The Labute approximate surface area is 230 Å². The molecule has 0 aliphatic rings. The number of nitrogens with one attached hydrogen (secondary N) is 1. The molecule has 0 spiro atoms. The zero-order chi connectivity index (χ0) is 27.7. The number of carbonyl (C=O) groups excluding carboxylic acids is 2. The Bertz CT molecular complexity index is 1330. The van der Waals surface area contributed by atoms with Crippen LogP contribution in [-0.4, -0.2) is 50.5 Å². The highest BCUT2D eigenvalue weighted by molar-refractivity contribution is 7.92. The van der Waals surface area contributed by atoms with E-state index in [0.29, 0.717) is 23.7 Å². The molecule has 38 heavy (non-hydrogen) atoms. The van der Waals surface area contributed by atoms with Crippen LogP contribution in [0.15, 0.2) is 78.9 Å². The maximum atomic E-state index is 14.0. The van der Waals surface area contributed by atoms with Crippen molar-refractivity contribution in [2.45, 2.75) is 39.3 Å². The Morgan fingerprint density at radius 1 is 0.895 bits per heavy atom. The molecule has 0 radical (unpaired) electrons. The summed E-state index contributed by atoms with van der Waals surface area (Å²) in [6, 6.07) is 22.7. The fourth-order valence-electron chi connectivity index (χ4n) is 4.28. The highest BCUT2D eigenvalue weighted by atomic mass is 35.5. The van der Waals surface area contributed by atoms with Gasteiger partial charge in [-0.15, -0.1) is 0 Å². The third-order valence-electron chi connectivity index (χ3n) is 6.21. The number of aryl methyl sites for hydroxylation is 1. The van der Waals surface area contributed by atoms with Crippen LogP contribution in [0.1, 0.15) is 30.5 Å². The van der Waals surface area contributed by atoms with Crippen LogP contribution in [0.3, 0.4) is 0 Å². The normalized spacial score (nSPS) is 12.0. The summed E-state index contributed by atoms with van der Waals surface area (Å²) in [5.41, 5.74) is 2.91. The number of anilines is 1. The highest BCUT2D eigenvalue weighted by Crippen LogP contribution is 2.25. The van der Waals surface area contributed by atoms with Gasteiger partial charge in [-0.05, 0) is 48.2 Å². The molecule has 0 aliphatic heterocycles. The van der Waals surface area contributed by atoms with Crippen molar-refractivity contribution < 1.29 is 18.0 Å². The van der Waals surface area contributed by atoms with Crippen LogP contribution in [0, 0.1) is 0 Å². The molecule has 2 amide bonds. The average molecular weight is 556 g/mol. The van der Waals surface area contributed by atoms with E-state index in [1.165, 1.54) is 4.90 Å². The number of hydrogen-bond donors (Lipinski definition) is 1. The van der Waals surface area contributed by atoms with Gasteiger partial charge >= 0.3 is 0 Å². The predicted octanol–water partition coefficient (Wildman–Crippen LogP) is 4.44. The van der Waals surface area contributed by atoms with Gasteiger partial charge < -0.3 is 10.2 Å². The van der Waals surface area contributed by atoms with E-state index in [1.54, 1.807) is 36.4 Å². The third-order valence-corrected chi connectivity index (χ3v) is 7.59. The summed E-state index contributed by atoms with van der Waals surface area (Å²) in [4.78, 5) is 28.8. The standard InChI is InChI=1S/C29H34ClN3O4S/c1-4-24-13-9-10-14-26(24)33(38(3,36)37)21-28(34)32(20-23-15-17-25(30)18-16-23)27(29(35)31-5-2)19-22-11-7-6-8-12-22/h6-18,27H,4-5,19-21H2,1-3H3,(H,31,35). The summed E-state index contributed by atoms with van der Waals surface area (Å²) in [7, 11) is -3.80. The number of nitrogens with zero attached hydrogens (tertiary/aromatic N) is 2. The molecule has 0 heterocycles. The molecule has 0 bridgehead atoms. The SMILES string of the molecule is CCNC(=O)C(Cc1ccccc1)N(Cc1ccc(Cl)cc1)C(=O)CN(c1ccccc1CC)S(C)(=O)=O. The monoisotopic (exact) mass is 555 g/mol. The topological polar surface area (TPSA) is 86.8 Å². The van der Waals surface area contributed by atoms with Crippen molar-refractivity contribution in [3.05, 3.63) is 101 Å². The predicted molar refractivity (Wildman–Crippen MR) is 153 cm³/mol. The Balaban J connectivity index is 2.05. The van der Waals surface area contributed by atoms with E-state index in [9.17, 15) is 18.0 Å². The van der Waals surface area contributed by atoms with Gasteiger partial charge in [0.1, 0.15) is 12.6 Å². The molecule has 3 aromatic rings. The second kappa shape index (κ2) is 13.4. The van der Waals surface area contributed by atoms with E-state index in [1.807, 2.05) is 56.3 Å². The minimum Gasteiger partial charge on any atom is -0.355 e. The lowest BCUT2D eigenvalue weighted by Crippen LogP contribution is -2.53. The molecule has 9 heteroatoms. The number of halogens is 1. The number of sulfonamides is 1. The lowest BCUT2D eigenvalue weighted by molar-refractivity contribution is -0.140. The summed E-state index contributed by atoms with van der Waals surface area (Å²) in [6.45, 7) is 3.81. The van der Waals surface area contributed by atoms with Crippen LogP contribution in [0.25, 0.3) is 0 Å². The van der Waals surface area contributed by atoms with Crippen molar-refractivity contribution >= 4 is 39.1 Å². The van der Waals surface area contributed by atoms with Crippen molar-refractivity contribution in [3.63, 3.8) is 0 Å². The zero-order valence-electron chi connectivity index (χ0n) is 21.9. The number of amides is 2. The molecule has 3 aromatic carbocycles. The maximum Gasteiger partial charge on any atom is 0.244 e. The number of likely N-dealkylation sites (N-methyl/N-ethyl adjacent to an activating group) is 1. The van der Waals surface area contributed by atoms with Crippen molar-refractivity contribution in [1.29, 1.82) is 0 Å². The summed E-state index contributed by atoms with van der Waals surface area (Å²) >= 11 is 6.07. The van der Waals surface area contributed by atoms with Crippen molar-refractivity contribution in [2.24, 2.45) is 0 Å².